The van der Waals surface area contributed by atoms with Crippen molar-refractivity contribution in [3.8, 4) is 0 Å². The standard InChI is InChI=1S/C25H25BrN2S/c26-20-10-11-23-25(18-20)29-24-9-5-4-8-22(24)28(23)21-13-16-27(17-14-21)15-12-19-6-2-1-3-7-19/h1-11,18,21H,12-17H2. The minimum Gasteiger partial charge on any atom is -0.336 e. The second kappa shape index (κ2) is 8.55. The van der Waals surface area contributed by atoms with E-state index in [1.165, 1.54) is 52.7 Å². The average molecular weight is 465 g/mol. The molecule has 3 aromatic carbocycles. The Balaban J connectivity index is 1.32. The molecule has 0 saturated carbocycles. The van der Waals surface area contributed by atoms with Crippen molar-refractivity contribution in [3.63, 3.8) is 0 Å². The fourth-order valence-corrected chi connectivity index (χ4v) is 6.11. The summed E-state index contributed by atoms with van der Waals surface area (Å²) in [7, 11) is 0. The van der Waals surface area contributed by atoms with Gasteiger partial charge in [0.15, 0.2) is 0 Å². The highest BCUT2D eigenvalue weighted by atomic mass is 79.9. The molecule has 2 aliphatic heterocycles. The number of fused-ring (bicyclic) bond motifs is 2. The SMILES string of the molecule is Brc1ccc2c(c1)Sc1ccccc1N2C1CCN(CCc2ccccc2)CC1. The number of nitrogens with zero attached hydrogens (tertiary/aromatic N) is 2. The van der Waals surface area contributed by atoms with Crippen LogP contribution >= 0.6 is 27.7 Å². The minimum absolute atomic E-state index is 0.560. The van der Waals surface area contributed by atoms with Crippen molar-refractivity contribution in [1.82, 2.24) is 4.90 Å². The molecule has 5 rings (SSSR count). The van der Waals surface area contributed by atoms with Crippen molar-refractivity contribution in [2.24, 2.45) is 0 Å². The van der Waals surface area contributed by atoms with Crippen LogP contribution in [0.2, 0.25) is 0 Å². The maximum atomic E-state index is 3.65. The number of hydrogen-bond acceptors (Lipinski definition) is 3. The van der Waals surface area contributed by atoms with Crippen molar-refractivity contribution >= 4 is 39.1 Å². The van der Waals surface area contributed by atoms with Crippen molar-refractivity contribution in [2.75, 3.05) is 24.5 Å². The molecule has 0 aromatic heterocycles. The number of hydrogen-bond donors (Lipinski definition) is 0. The van der Waals surface area contributed by atoms with Crippen molar-refractivity contribution < 1.29 is 0 Å². The van der Waals surface area contributed by atoms with Gasteiger partial charge in [-0.15, -0.1) is 0 Å². The molecule has 3 aromatic rings. The van der Waals surface area contributed by atoms with Gasteiger partial charge in [0.25, 0.3) is 0 Å². The number of benzene rings is 3. The van der Waals surface area contributed by atoms with E-state index in [1.807, 2.05) is 11.8 Å². The van der Waals surface area contributed by atoms with Crippen LogP contribution in [0.5, 0.6) is 0 Å². The summed E-state index contributed by atoms with van der Waals surface area (Å²) in [5, 5.41) is 0. The van der Waals surface area contributed by atoms with E-state index in [2.05, 4.69) is 98.5 Å². The molecular formula is C25H25BrN2S. The van der Waals surface area contributed by atoms with Gasteiger partial charge in [-0.3, -0.25) is 0 Å². The average Bonchev–Trinajstić information content (AvgIpc) is 2.77. The van der Waals surface area contributed by atoms with Crippen LogP contribution in [0.25, 0.3) is 0 Å². The van der Waals surface area contributed by atoms with Crippen LogP contribution in [0.3, 0.4) is 0 Å². The Morgan fingerprint density at radius 1 is 0.828 bits per heavy atom. The first-order chi connectivity index (χ1) is 14.3. The highest BCUT2D eigenvalue weighted by molar-refractivity contribution is 9.10. The first-order valence-electron chi connectivity index (χ1n) is 10.4. The van der Waals surface area contributed by atoms with Crippen molar-refractivity contribution in [3.05, 3.63) is 82.8 Å². The van der Waals surface area contributed by atoms with Gasteiger partial charge in [0.1, 0.15) is 0 Å². The van der Waals surface area contributed by atoms with Crippen LogP contribution in [0.1, 0.15) is 18.4 Å². The summed E-state index contributed by atoms with van der Waals surface area (Å²) in [6, 6.07) is 27.0. The molecule has 1 fully saturated rings. The van der Waals surface area contributed by atoms with Crippen LogP contribution in [0.4, 0.5) is 11.4 Å². The van der Waals surface area contributed by atoms with E-state index in [9.17, 15) is 0 Å². The number of anilines is 2. The maximum absolute atomic E-state index is 3.65. The van der Waals surface area contributed by atoms with E-state index in [4.69, 9.17) is 0 Å². The lowest BCUT2D eigenvalue weighted by Crippen LogP contribution is -2.44. The molecule has 0 N–H and O–H groups in total. The van der Waals surface area contributed by atoms with Crippen molar-refractivity contribution in [1.29, 1.82) is 0 Å². The topological polar surface area (TPSA) is 6.48 Å². The predicted molar refractivity (Wildman–Crippen MR) is 126 cm³/mol. The first kappa shape index (κ1) is 19.2. The second-order valence-electron chi connectivity index (χ2n) is 7.86. The molecule has 0 atom stereocenters. The van der Waals surface area contributed by atoms with Gasteiger partial charge in [0.05, 0.1) is 11.4 Å². The Labute approximate surface area is 186 Å². The summed E-state index contributed by atoms with van der Waals surface area (Å²) < 4.78 is 1.15. The zero-order valence-electron chi connectivity index (χ0n) is 16.4. The van der Waals surface area contributed by atoms with Crippen LogP contribution in [0, 0.1) is 0 Å². The Morgan fingerprint density at radius 3 is 2.38 bits per heavy atom. The third-order valence-electron chi connectivity index (χ3n) is 6.01. The zero-order chi connectivity index (χ0) is 19.6. The molecule has 0 spiro atoms. The van der Waals surface area contributed by atoms with Crippen LogP contribution < -0.4 is 4.90 Å². The van der Waals surface area contributed by atoms with Gasteiger partial charge in [-0.1, -0.05) is 70.2 Å². The summed E-state index contributed by atoms with van der Waals surface area (Å²) in [4.78, 5) is 7.97. The normalized spacial score (nSPS) is 17.1. The van der Waals surface area contributed by atoms with Gasteiger partial charge < -0.3 is 9.80 Å². The molecule has 0 aliphatic carbocycles. The summed E-state index contributed by atoms with van der Waals surface area (Å²) >= 11 is 5.54. The van der Waals surface area contributed by atoms with E-state index in [-0.39, 0.29) is 0 Å². The van der Waals surface area contributed by atoms with Crippen LogP contribution in [0.15, 0.2) is 87.1 Å². The van der Waals surface area contributed by atoms with Crippen molar-refractivity contribution in [2.45, 2.75) is 35.1 Å². The number of halogens is 1. The monoisotopic (exact) mass is 464 g/mol. The summed E-state index contributed by atoms with van der Waals surface area (Å²) in [5.74, 6) is 0. The Morgan fingerprint density at radius 2 is 1.55 bits per heavy atom. The molecule has 0 radical (unpaired) electrons. The minimum atomic E-state index is 0.560. The lowest BCUT2D eigenvalue weighted by atomic mass is 10.00. The Hall–Kier alpha value is -1.75. The van der Waals surface area contributed by atoms with Gasteiger partial charge in [-0.05, 0) is 55.2 Å². The molecule has 2 heterocycles. The third kappa shape index (κ3) is 4.11. The number of para-hydroxylation sites is 1. The zero-order valence-corrected chi connectivity index (χ0v) is 18.8. The largest absolute Gasteiger partial charge is 0.336 e. The van der Waals surface area contributed by atoms with E-state index in [0.717, 1.165) is 17.4 Å². The lowest BCUT2D eigenvalue weighted by molar-refractivity contribution is 0.214. The number of rotatable bonds is 4. The van der Waals surface area contributed by atoms with Gasteiger partial charge in [-0.2, -0.15) is 0 Å². The first-order valence-corrected chi connectivity index (χ1v) is 12.0. The fourth-order valence-electron chi connectivity index (χ4n) is 4.49. The maximum Gasteiger partial charge on any atom is 0.0556 e. The summed E-state index contributed by atoms with van der Waals surface area (Å²) in [6.45, 7) is 3.51. The van der Waals surface area contributed by atoms with E-state index in [0.29, 0.717) is 6.04 Å². The second-order valence-corrected chi connectivity index (χ2v) is 9.86. The number of piperidine rings is 1. The van der Waals surface area contributed by atoms with Crippen LogP contribution in [-0.2, 0) is 6.42 Å². The highest BCUT2D eigenvalue weighted by Gasteiger charge is 2.31. The quantitative estimate of drug-likeness (QED) is 0.420. The van der Waals surface area contributed by atoms with E-state index >= 15 is 0 Å². The van der Waals surface area contributed by atoms with E-state index in [1.54, 1.807) is 0 Å². The predicted octanol–water partition coefficient (Wildman–Crippen LogP) is 6.76. The molecule has 1 saturated heterocycles. The third-order valence-corrected chi connectivity index (χ3v) is 7.61. The molecule has 4 heteroatoms. The molecule has 0 bridgehead atoms. The molecular weight excluding hydrogens is 440 g/mol. The smallest absolute Gasteiger partial charge is 0.0556 e. The summed E-state index contributed by atoms with van der Waals surface area (Å²) in [5.41, 5.74) is 4.17. The van der Waals surface area contributed by atoms with Crippen LogP contribution in [-0.4, -0.2) is 30.6 Å². The van der Waals surface area contributed by atoms with Gasteiger partial charge in [-0.25, -0.2) is 0 Å². The molecule has 29 heavy (non-hydrogen) atoms. The molecule has 0 unspecified atom stereocenters. The fraction of sp³-hybridized carbons (Fsp3) is 0.280. The molecule has 2 aliphatic rings. The summed E-state index contributed by atoms with van der Waals surface area (Å²) in [6.07, 6.45) is 3.57. The van der Waals surface area contributed by atoms with Gasteiger partial charge >= 0.3 is 0 Å². The Kier molecular flexibility index (Phi) is 5.67. The lowest BCUT2D eigenvalue weighted by Gasteiger charge is -2.43. The highest BCUT2D eigenvalue weighted by Crippen LogP contribution is 2.50. The van der Waals surface area contributed by atoms with Gasteiger partial charge in [0.2, 0.25) is 0 Å². The number of likely N-dealkylation sites (tertiary alicyclic amines) is 1. The Bertz CT molecular complexity index is 983. The molecule has 148 valence electrons. The molecule has 2 nitrogen and oxygen atoms in total. The van der Waals surface area contributed by atoms with E-state index < -0.39 is 0 Å². The van der Waals surface area contributed by atoms with Gasteiger partial charge in [0, 0.05) is 39.9 Å². The molecule has 0 amide bonds.